The van der Waals surface area contributed by atoms with Crippen LogP contribution in [0.1, 0.15) is 26.1 Å². The van der Waals surface area contributed by atoms with E-state index in [9.17, 15) is 4.79 Å². The Labute approximate surface area is 133 Å². The quantitative estimate of drug-likeness (QED) is 0.805. The topological polar surface area (TPSA) is 84.8 Å². The summed E-state index contributed by atoms with van der Waals surface area (Å²) in [6, 6.07) is 3.49. The molecule has 120 valence electrons. The van der Waals surface area contributed by atoms with E-state index in [0.717, 1.165) is 6.42 Å². The van der Waals surface area contributed by atoms with Crippen molar-refractivity contribution in [1.82, 2.24) is 25.1 Å². The molecular weight excluding hydrogens is 306 g/mol. The Kier molecular flexibility index (Phi) is 5.20. The Morgan fingerprint density at radius 2 is 2.32 bits per heavy atom. The normalized spacial score (nSPS) is 13.8. The second-order valence-electron chi connectivity index (χ2n) is 5.35. The second-order valence-corrected chi connectivity index (χ2v) is 5.75. The lowest BCUT2D eigenvalue weighted by molar-refractivity contribution is 0.181. The van der Waals surface area contributed by atoms with Crippen molar-refractivity contribution in [2.24, 2.45) is 7.05 Å². The molecule has 0 aliphatic heterocycles. The summed E-state index contributed by atoms with van der Waals surface area (Å²) in [4.78, 5) is 18.1. The van der Waals surface area contributed by atoms with Crippen LogP contribution in [0.3, 0.4) is 0 Å². The first-order chi connectivity index (χ1) is 10.4. The summed E-state index contributed by atoms with van der Waals surface area (Å²) in [5, 5.41) is 7.92. The lowest BCUT2D eigenvalue weighted by Crippen LogP contribution is -2.46. The number of rotatable bonds is 7. The van der Waals surface area contributed by atoms with Crippen LogP contribution in [0.4, 0.5) is 0 Å². The van der Waals surface area contributed by atoms with E-state index in [1.54, 1.807) is 25.4 Å². The molecule has 2 heterocycles. The van der Waals surface area contributed by atoms with Gasteiger partial charge in [0.25, 0.3) is 0 Å². The highest BCUT2D eigenvalue weighted by Crippen LogP contribution is 2.21. The number of aromatic amines is 1. The number of H-pyrrole nitrogens is 1. The number of ether oxygens (including phenoxy) is 1. The SMILES string of the molecule is CCC(C)(COc1ncccc1Cl)NCc1nn(C)c(=O)[nH]1. The first kappa shape index (κ1) is 16.5. The average molecular weight is 326 g/mol. The van der Waals surface area contributed by atoms with Crippen molar-refractivity contribution in [3.8, 4) is 5.88 Å². The lowest BCUT2D eigenvalue weighted by atomic mass is 10.0. The maximum Gasteiger partial charge on any atom is 0.343 e. The summed E-state index contributed by atoms with van der Waals surface area (Å²) < 4.78 is 6.98. The minimum atomic E-state index is -0.296. The summed E-state index contributed by atoms with van der Waals surface area (Å²) >= 11 is 6.03. The predicted molar refractivity (Wildman–Crippen MR) is 84.1 cm³/mol. The zero-order chi connectivity index (χ0) is 16.2. The largest absolute Gasteiger partial charge is 0.475 e. The van der Waals surface area contributed by atoms with Gasteiger partial charge in [0.15, 0.2) is 0 Å². The van der Waals surface area contributed by atoms with Crippen molar-refractivity contribution >= 4 is 11.6 Å². The molecule has 1 unspecified atom stereocenters. The van der Waals surface area contributed by atoms with Crippen molar-refractivity contribution < 1.29 is 4.74 Å². The average Bonchev–Trinajstić information content (AvgIpc) is 2.83. The van der Waals surface area contributed by atoms with E-state index >= 15 is 0 Å². The van der Waals surface area contributed by atoms with Crippen LogP contribution in [-0.4, -0.2) is 31.9 Å². The van der Waals surface area contributed by atoms with Gasteiger partial charge in [-0.05, 0) is 25.5 Å². The van der Waals surface area contributed by atoms with Gasteiger partial charge in [0.1, 0.15) is 17.5 Å². The van der Waals surface area contributed by atoms with Crippen LogP contribution in [0.25, 0.3) is 0 Å². The molecule has 0 fully saturated rings. The maximum absolute atomic E-state index is 11.4. The fourth-order valence-electron chi connectivity index (χ4n) is 1.82. The Morgan fingerprint density at radius 3 is 2.91 bits per heavy atom. The van der Waals surface area contributed by atoms with E-state index in [-0.39, 0.29) is 11.2 Å². The maximum atomic E-state index is 11.4. The predicted octanol–water partition coefficient (Wildman–Crippen LogP) is 1.49. The summed E-state index contributed by atoms with van der Waals surface area (Å²) in [6.07, 6.45) is 2.46. The summed E-state index contributed by atoms with van der Waals surface area (Å²) in [5.41, 5.74) is -0.526. The summed E-state index contributed by atoms with van der Waals surface area (Å²) in [7, 11) is 1.60. The molecule has 0 saturated carbocycles. The van der Waals surface area contributed by atoms with E-state index < -0.39 is 0 Å². The van der Waals surface area contributed by atoms with Gasteiger partial charge < -0.3 is 10.1 Å². The molecule has 0 bridgehead atoms. The standard InChI is InChI=1S/C14H20ClN5O2/c1-4-14(2,9-22-12-10(15)6-5-7-16-12)17-8-11-18-13(21)20(3)19-11/h5-7,17H,4,8-9H2,1-3H3,(H,18,19,21). The highest BCUT2D eigenvalue weighted by atomic mass is 35.5. The molecular formula is C14H20ClN5O2. The van der Waals surface area contributed by atoms with E-state index in [4.69, 9.17) is 16.3 Å². The third-order valence-electron chi connectivity index (χ3n) is 3.53. The van der Waals surface area contributed by atoms with E-state index in [1.807, 2.05) is 6.92 Å². The molecule has 2 aromatic rings. The molecule has 2 rings (SSSR count). The van der Waals surface area contributed by atoms with Crippen molar-refractivity contribution in [3.63, 3.8) is 0 Å². The first-order valence-corrected chi connectivity index (χ1v) is 7.42. The molecule has 0 aliphatic carbocycles. The van der Waals surface area contributed by atoms with Crippen LogP contribution in [0.5, 0.6) is 5.88 Å². The molecule has 0 aliphatic rings. The lowest BCUT2D eigenvalue weighted by Gasteiger charge is -2.29. The molecule has 2 N–H and O–H groups in total. The summed E-state index contributed by atoms with van der Waals surface area (Å²) in [6.45, 7) is 4.93. The second kappa shape index (κ2) is 6.93. The van der Waals surface area contributed by atoms with Gasteiger partial charge in [-0.2, -0.15) is 5.10 Å². The molecule has 2 aromatic heterocycles. The van der Waals surface area contributed by atoms with Crippen LogP contribution < -0.4 is 15.7 Å². The number of nitrogens with zero attached hydrogens (tertiary/aromatic N) is 3. The molecule has 8 heteroatoms. The van der Waals surface area contributed by atoms with Gasteiger partial charge in [-0.3, -0.25) is 4.98 Å². The molecule has 0 aromatic carbocycles. The first-order valence-electron chi connectivity index (χ1n) is 7.04. The number of pyridine rings is 1. The van der Waals surface area contributed by atoms with Gasteiger partial charge in [0.2, 0.25) is 5.88 Å². The van der Waals surface area contributed by atoms with Gasteiger partial charge in [-0.25, -0.2) is 14.5 Å². The van der Waals surface area contributed by atoms with E-state index in [2.05, 4.69) is 27.3 Å². The van der Waals surface area contributed by atoms with Crippen LogP contribution in [0.2, 0.25) is 5.02 Å². The van der Waals surface area contributed by atoms with Crippen LogP contribution >= 0.6 is 11.6 Å². The van der Waals surface area contributed by atoms with Gasteiger partial charge in [0.05, 0.1) is 6.54 Å². The van der Waals surface area contributed by atoms with Crippen molar-refractivity contribution in [3.05, 3.63) is 39.7 Å². The van der Waals surface area contributed by atoms with Crippen molar-refractivity contribution in [2.75, 3.05) is 6.61 Å². The molecule has 0 saturated heterocycles. The molecule has 22 heavy (non-hydrogen) atoms. The molecule has 0 spiro atoms. The fourth-order valence-corrected chi connectivity index (χ4v) is 1.99. The molecule has 1 atom stereocenters. The number of halogens is 1. The van der Waals surface area contributed by atoms with Crippen LogP contribution in [0.15, 0.2) is 23.1 Å². The third-order valence-corrected chi connectivity index (χ3v) is 3.82. The zero-order valence-electron chi connectivity index (χ0n) is 12.9. The number of nitrogens with one attached hydrogen (secondary N) is 2. The number of aromatic nitrogens is 4. The van der Waals surface area contributed by atoms with Crippen molar-refractivity contribution in [2.45, 2.75) is 32.4 Å². The highest BCUT2D eigenvalue weighted by Gasteiger charge is 2.23. The van der Waals surface area contributed by atoms with Crippen molar-refractivity contribution in [1.29, 1.82) is 0 Å². The Hall–Kier alpha value is -1.86. The number of hydrogen-bond donors (Lipinski definition) is 2. The third kappa shape index (κ3) is 4.08. The van der Waals surface area contributed by atoms with Crippen LogP contribution in [0, 0.1) is 0 Å². The number of aryl methyl sites for hydroxylation is 1. The molecule has 0 radical (unpaired) electrons. The Morgan fingerprint density at radius 1 is 1.55 bits per heavy atom. The molecule has 7 nitrogen and oxygen atoms in total. The van der Waals surface area contributed by atoms with Crippen LogP contribution in [-0.2, 0) is 13.6 Å². The van der Waals surface area contributed by atoms with Gasteiger partial charge in [-0.15, -0.1) is 0 Å². The summed E-state index contributed by atoms with van der Waals surface area (Å²) in [5.74, 6) is 1.000. The van der Waals surface area contributed by atoms with E-state index in [0.29, 0.717) is 29.9 Å². The Bertz CT molecular complexity index is 684. The number of hydrogen-bond acceptors (Lipinski definition) is 5. The van der Waals surface area contributed by atoms with Gasteiger partial charge >= 0.3 is 5.69 Å². The zero-order valence-corrected chi connectivity index (χ0v) is 13.6. The van der Waals surface area contributed by atoms with Gasteiger partial charge in [0, 0.05) is 18.8 Å². The fraction of sp³-hybridized carbons (Fsp3) is 0.500. The monoisotopic (exact) mass is 325 g/mol. The highest BCUT2D eigenvalue weighted by molar-refractivity contribution is 6.31. The minimum Gasteiger partial charge on any atom is -0.475 e. The minimum absolute atomic E-state index is 0.230. The smallest absolute Gasteiger partial charge is 0.343 e. The molecule has 0 amide bonds. The Balaban J connectivity index is 1.96. The van der Waals surface area contributed by atoms with E-state index in [1.165, 1.54) is 4.68 Å². The van der Waals surface area contributed by atoms with Gasteiger partial charge in [-0.1, -0.05) is 18.5 Å².